The van der Waals surface area contributed by atoms with Gasteiger partial charge in [-0.15, -0.1) is 12.4 Å². The van der Waals surface area contributed by atoms with Crippen LogP contribution in [0.3, 0.4) is 0 Å². The average molecular weight is 425 g/mol. The lowest BCUT2D eigenvalue weighted by atomic mass is 10.0. The number of benzene rings is 2. The van der Waals surface area contributed by atoms with Crippen molar-refractivity contribution in [2.24, 2.45) is 0 Å². The number of sulfonamides is 1. The van der Waals surface area contributed by atoms with Crippen LogP contribution in [0.25, 0.3) is 0 Å². The highest BCUT2D eigenvalue weighted by atomic mass is 35.5. The topological polar surface area (TPSA) is 67.4 Å². The van der Waals surface area contributed by atoms with Crippen LogP contribution in [-0.2, 0) is 16.4 Å². The third-order valence-corrected chi connectivity index (χ3v) is 6.16. The van der Waals surface area contributed by atoms with E-state index >= 15 is 0 Å². The van der Waals surface area contributed by atoms with Gasteiger partial charge in [0, 0.05) is 12.1 Å². The molecule has 5 nitrogen and oxygen atoms in total. The molecule has 0 spiro atoms. The third-order valence-electron chi connectivity index (χ3n) is 4.77. The van der Waals surface area contributed by atoms with E-state index in [1.807, 2.05) is 18.2 Å². The van der Waals surface area contributed by atoms with Crippen molar-refractivity contribution >= 4 is 28.1 Å². The molecule has 154 valence electrons. The van der Waals surface area contributed by atoms with Gasteiger partial charge in [-0.2, -0.15) is 0 Å². The fourth-order valence-electron chi connectivity index (χ4n) is 3.16. The van der Waals surface area contributed by atoms with Gasteiger partial charge >= 0.3 is 0 Å². The molecule has 2 N–H and O–H groups in total. The predicted molar refractivity (Wildman–Crippen MR) is 116 cm³/mol. The molecular formula is C21H29ClN2O3S. The Morgan fingerprint density at radius 3 is 2.50 bits per heavy atom. The Labute approximate surface area is 174 Å². The van der Waals surface area contributed by atoms with E-state index in [0.717, 1.165) is 36.3 Å². The fraction of sp³-hybridized carbons (Fsp3) is 0.429. The monoisotopic (exact) mass is 424 g/mol. The van der Waals surface area contributed by atoms with Gasteiger partial charge in [0.05, 0.1) is 10.6 Å². The fourth-order valence-corrected chi connectivity index (χ4v) is 4.21. The molecule has 28 heavy (non-hydrogen) atoms. The van der Waals surface area contributed by atoms with E-state index in [1.165, 1.54) is 0 Å². The van der Waals surface area contributed by atoms with Gasteiger partial charge in [0.15, 0.2) is 0 Å². The standard InChI is InChI=1S/C21H28N2O3S.ClH/c1-4-11-22-19-12-17-5-8-18(13-21(17)26-14-19)23-27(24,25)20-9-6-16(7-10-20)15(2)3;/h5-10,13,15,19,22-23H,4,11-12,14H2,1-3H3;1H. The minimum absolute atomic E-state index is 0. The molecule has 0 bridgehead atoms. The Bertz CT molecular complexity index is 883. The summed E-state index contributed by atoms with van der Waals surface area (Å²) in [6.07, 6.45) is 1.97. The summed E-state index contributed by atoms with van der Waals surface area (Å²) in [5, 5.41) is 3.46. The van der Waals surface area contributed by atoms with Crippen LogP contribution in [0.5, 0.6) is 5.75 Å². The van der Waals surface area contributed by atoms with Gasteiger partial charge in [-0.25, -0.2) is 8.42 Å². The van der Waals surface area contributed by atoms with Gasteiger partial charge < -0.3 is 10.1 Å². The van der Waals surface area contributed by atoms with E-state index < -0.39 is 10.0 Å². The summed E-state index contributed by atoms with van der Waals surface area (Å²) >= 11 is 0. The second kappa shape index (κ2) is 9.63. The minimum atomic E-state index is -3.62. The number of rotatable bonds is 7. The summed E-state index contributed by atoms with van der Waals surface area (Å²) in [6.45, 7) is 7.87. The minimum Gasteiger partial charge on any atom is -0.492 e. The number of hydrogen-bond acceptors (Lipinski definition) is 4. The third kappa shape index (κ3) is 5.40. The van der Waals surface area contributed by atoms with Crippen molar-refractivity contribution in [2.75, 3.05) is 17.9 Å². The first kappa shape index (κ1) is 22.5. The van der Waals surface area contributed by atoms with Gasteiger partial charge in [0.1, 0.15) is 12.4 Å². The van der Waals surface area contributed by atoms with Crippen molar-refractivity contribution < 1.29 is 13.2 Å². The van der Waals surface area contributed by atoms with Crippen LogP contribution in [0, 0.1) is 0 Å². The lowest BCUT2D eigenvalue weighted by Crippen LogP contribution is -2.39. The van der Waals surface area contributed by atoms with Gasteiger partial charge in [0.25, 0.3) is 10.0 Å². The first-order valence-corrected chi connectivity index (χ1v) is 11.0. The molecule has 7 heteroatoms. The van der Waals surface area contributed by atoms with Crippen LogP contribution in [0.1, 0.15) is 44.2 Å². The summed E-state index contributed by atoms with van der Waals surface area (Å²) in [5.41, 5.74) is 2.73. The van der Waals surface area contributed by atoms with Gasteiger partial charge in [0.2, 0.25) is 0 Å². The first-order valence-electron chi connectivity index (χ1n) is 9.51. The molecule has 1 aliphatic rings. The number of anilines is 1. The second-order valence-electron chi connectivity index (χ2n) is 7.32. The molecule has 2 aromatic carbocycles. The first-order chi connectivity index (χ1) is 12.9. The van der Waals surface area contributed by atoms with Crippen molar-refractivity contribution in [3.8, 4) is 5.75 Å². The zero-order valence-corrected chi connectivity index (χ0v) is 18.2. The Balaban J connectivity index is 0.00000280. The Morgan fingerprint density at radius 2 is 1.86 bits per heavy atom. The molecular weight excluding hydrogens is 396 g/mol. The molecule has 1 aliphatic heterocycles. The number of fused-ring (bicyclic) bond motifs is 1. The molecule has 0 saturated carbocycles. The molecule has 1 unspecified atom stereocenters. The van der Waals surface area contributed by atoms with Gasteiger partial charge in [-0.05, 0) is 54.6 Å². The second-order valence-corrected chi connectivity index (χ2v) is 9.00. The molecule has 1 heterocycles. The molecule has 0 saturated heterocycles. The highest BCUT2D eigenvalue weighted by molar-refractivity contribution is 7.92. The Kier molecular flexibility index (Phi) is 7.75. The number of nitrogens with one attached hydrogen (secondary N) is 2. The zero-order valence-electron chi connectivity index (χ0n) is 16.6. The van der Waals surface area contributed by atoms with Crippen LogP contribution in [0.2, 0.25) is 0 Å². The predicted octanol–water partition coefficient (Wildman–Crippen LogP) is 4.34. The lowest BCUT2D eigenvalue weighted by molar-refractivity contribution is 0.239. The summed E-state index contributed by atoms with van der Waals surface area (Å²) < 4.78 is 33.8. The largest absolute Gasteiger partial charge is 0.492 e. The van der Waals surface area contributed by atoms with Crippen molar-refractivity contribution in [1.29, 1.82) is 0 Å². The number of hydrogen-bond donors (Lipinski definition) is 2. The number of halogens is 1. The van der Waals surface area contributed by atoms with Gasteiger partial charge in [-0.3, -0.25) is 4.72 Å². The van der Waals surface area contributed by atoms with Crippen LogP contribution < -0.4 is 14.8 Å². The van der Waals surface area contributed by atoms with E-state index in [2.05, 4.69) is 30.8 Å². The summed E-state index contributed by atoms with van der Waals surface area (Å²) in [6, 6.07) is 12.8. The van der Waals surface area contributed by atoms with E-state index in [4.69, 9.17) is 4.74 Å². The number of ether oxygens (including phenoxy) is 1. The lowest BCUT2D eigenvalue weighted by Gasteiger charge is -2.26. The van der Waals surface area contributed by atoms with Crippen molar-refractivity contribution in [3.05, 3.63) is 53.6 Å². The summed E-state index contributed by atoms with van der Waals surface area (Å²) in [4.78, 5) is 0.259. The van der Waals surface area contributed by atoms with Crippen LogP contribution in [-0.4, -0.2) is 27.6 Å². The molecule has 0 fully saturated rings. The maximum atomic E-state index is 12.7. The van der Waals surface area contributed by atoms with Crippen molar-refractivity contribution in [1.82, 2.24) is 5.32 Å². The van der Waals surface area contributed by atoms with Crippen molar-refractivity contribution in [3.63, 3.8) is 0 Å². The SMILES string of the molecule is CCCNC1COc2cc(NS(=O)(=O)c3ccc(C(C)C)cc3)ccc2C1.Cl. The molecule has 0 aliphatic carbocycles. The van der Waals surface area contributed by atoms with E-state index in [0.29, 0.717) is 24.3 Å². The van der Waals surface area contributed by atoms with E-state index in [9.17, 15) is 8.42 Å². The normalized spacial score (nSPS) is 16.1. The molecule has 2 aromatic rings. The maximum absolute atomic E-state index is 12.7. The van der Waals surface area contributed by atoms with Crippen LogP contribution in [0.4, 0.5) is 5.69 Å². The highest BCUT2D eigenvalue weighted by Crippen LogP contribution is 2.29. The van der Waals surface area contributed by atoms with E-state index in [1.54, 1.807) is 24.3 Å². The van der Waals surface area contributed by atoms with Crippen LogP contribution in [0.15, 0.2) is 47.4 Å². The molecule has 3 rings (SSSR count). The maximum Gasteiger partial charge on any atom is 0.261 e. The summed E-state index contributed by atoms with van der Waals surface area (Å²) in [5.74, 6) is 1.11. The van der Waals surface area contributed by atoms with Crippen molar-refractivity contribution in [2.45, 2.75) is 50.5 Å². The van der Waals surface area contributed by atoms with Crippen LogP contribution >= 0.6 is 12.4 Å². The Morgan fingerprint density at radius 1 is 1.14 bits per heavy atom. The molecule has 1 atom stereocenters. The average Bonchev–Trinajstić information content (AvgIpc) is 2.66. The highest BCUT2D eigenvalue weighted by Gasteiger charge is 2.21. The summed E-state index contributed by atoms with van der Waals surface area (Å²) in [7, 11) is -3.62. The quantitative estimate of drug-likeness (QED) is 0.693. The Hall–Kier alpha value is -1.76. The van der Waals surface area contributed by atoms with E-state index in [-0.39, 0.29) is 17.3 Å². The smallest absolute Gasteiger partial charge is 0.261 e. The molecule has 0 amide bonds. The zero-order chi connectivity index (χ0) is 19.4. The van der Waals surface area contributed by atoms with Gasteiger partial charge in [-0.1, -0.05) is 39.0 Å². The molecule has 0 radical (unpaired) electrons. The molecule has 0 aromatic heterocycles.